The number of phenols is 1. The summed E-state index contributed by atoms with van der Waals surface area (Å²) in [7, 11) is -4.45. The van der Waals surface area contributed by atoms with Crippen LogP contribution in [0, 0.1) is 0 Å². The molecule has 116 valence electrons. The van der Waals surface area contributed by atoms with Crippen molar-refractivity contribution in [3.8, 4) is 5.75 Å². The highest BCUT2D eigenvalue weighted by Crippen LogP contribution is 2.39. The predicted octanol–water partition coefficient (Wildman–Crippen LogP) is 4.18. The summed E-state index contributed by atoms with van der Waals surface area (Å²) in [5.41, 5.74) is -0.244. The molecule has 0 spiro atoms. The highest BCUT2D eigenvalue weighted by Gasteiger charge is 2.20. The third kappa shape index (κ3) is 4.27. The van der Waals surface area contributed by atoms with Gasteiger partial charge in [-0.1, -0.05) is 52.0 Å². The van der Waals surface area contributed by atoms with Crippen LogP contribution in [0.15, 0.2) is 40.2 Å². The Labute approximate surface area is 125 Å². The summed E-state index contributed by atoms with van der Waals surface area (Å²) in [5.74, 6) is -0.314. The van der Waals surface area contributed by atoms with Gasteiger partial charge in [-0.25, -0.2) is 0 Å². The van der Waals surface area contributed by atoms with Gasteiger partial charge in [0.1, 0.15) is 16.3 Å². The number of aromatic hydroxyl groups is 1. The molecule has 0 aromatic heterocycles. The fourth-order valence-corrected chi connectivity index (χ4v) is 2.32. The highest BCUT2D eigenvalue weighted by atomic mass is 32.2. The molecule has 6 heteroatoms. The molecule has 0 aliphatic rings. The van der Waals surface area contributed by atoms with Crippen LogP contribution in [0.1, 0.15) is 27.7 Å². The second kappa shape index (κ2) is 8.39. The van der Waals surface area contributed by atoms with Crippen molar-refractivity contribution in [1.29, 1.82) is 0 Å². The van der Waals surface area contributed by atoms with Crippen LogP contribution >= 0.6 is 0 Å². The van der Waals surface area contributed by atoms with Crippen molar-refractivity contribution in [2.24, 2.45) is 4.99 Å². The van der Waals surface area contributed by atoms with Gasteiger partial charge >= 0.3 is 0 Å². The van der Waals surface area contributed by atoms with Crippen molar-refractivity contribution >= 4 is 33.3 Å². The molecule has 0 atom stereocenters. The topological polar surface area (TPSA) is 87.0 Å². The Morgan fingerprint density at radius 3 is 2.10 bits per heavy atom. The van der Waals surface area contributed by atoms with Crippen molar-refractivity contribution in [2.75, 3.05) is 0 Å². The summed E-state index contributed by atoms with van der Waals surface area (Å²) >= 11 is 0. The van der Waals surface area contributed by atoms with Crippen LogP contribution in [0.2, 0.25) is 0 Å². The molecule has 2 aromatic rings. The van der Waals surface area contributed by atoms with E-state index in [1.54, 1.807) is 24.3 Å². The van der Waals surface area contributed by atoms with Gasteiger partial charge in [-0.05, 0) is 18.2 Å². The standard InChI is InChI=1S/C11H9NO4S.2C2H6/c1-12-10-9(17(14,15)16)6-7-4-2-3-5-8(7)11(10)13;2*1-2/h2-6,13H,1H2,(H,14,15,16);2*1-2H3. The summed E-state index contributed by atoms with van der Waals surface area (Å²) in [6.07, 6.45) is 0. The molecule has 0 aliphatic carbocycles. The van der Waals surface area contributed by atoms with Crippen LogP contribution in [0.5, 0.6) is 5.75 Å². The van der Waals surface area contributed by atoms with Gasteiger partial charge in [0, 0.05) is 5.39 Å². The lowest BCUT2D eigenvalue weighted by Gasteiger charge is -2.08. The van der Waals surface area contributed by atoms with Gasteiger partial charge in [-0.2, -0.15) is 8.42 Å². The van der Waals surface area contributed by atoms with Crippen molar-refractivity contribution in [1.82, 2.24) is 0 Å². The number of aliphatic imine (C=N–C) groups is 1. The molecule has 21 heavy (non-hydrogen) atoms. The van der Waals surface area contributed by atoms with E-state index in [2.05, 4.69) is 11.7 Å². The van der Waals surface area contributed by atoms with Crippen molar-refractivity contribution in [2.45, 2.75) is 32.6 Å². The summed E-state index contributed by atoms with van der Waals surface area (Å²) in [6.45, 7) is 11.2. The molecule has 0 fully saturated rings. The first-order valence-electron chi connectivity index (χ1n) is 6.64. The number of rotatable bonds is 2. The smallest absolute Gasteiger partial charge is 0.296 e. The minimum absolute atomic E-state index is 0.244. The average molecular weight is 311 g/mol. The van der Waals surface area contributed by atoms with Gasteiger partial charge in [-0.15, -0.1) is 0 Å². The second-order valence-corrected chi connectivity index (χ2v) is 4.82. The number of fused-ring (bicyclic) bond motifs is 1. The normalized spacial score (nSPS) is 9.95. The van der Waals surface area contributed by atoms with Gasteiger partial charge in [0.2, 0.25) is 0 Å². The first-order chi connectivity index (χ1) is 9.95. The molecular weight excluding hydrogens is 290 g/mol. The van der Waals surface area contributed by atoms with E-state index in [0.717, 1.165) is 0 Å². The Hall–Kier alpha value is -1.92. The Bertz CT molecular complexity index is 709. The molecule has 0 saturated carbocycles. The quantitative estimate of drug-likeness (QED) is 0.643. The molecule has 2 N–H and O–H groups in total. The number of phenolic OH excluding ortho intramolecular Hbond substituents is 1. The number of hydrogen-bond acceptors (Lipinski definition) is 4. The largest absolute Gasteiger partial charge is 0.505 e. The number of nitrogens with zero attached hydrogens (tertiary/aromatic N) is 1. The number of benzene rings is 2. The first kappa shape index (κ1) is 19.1. The molecule has 0 radical (unpaired) electrons. The van der Waals surface area contributed by atoms with Crippen molar-refractivity contribution in [3.05, 3.63) is 30.3 Å². The lowest BCUT2D eigenvalue weighted by Crippen LogP contribution is -1.98. The van der Waals surface area contributed by atoms with E-state index in [1.165, 1.54) is 6.07 Å². The maximum atomic E-state index is 11.2. The minimum atomic E-state index is -4.45. The van der Waals surface area contributed by atoms with Gasteiger partial charge < -0.3 is 5.11 Å². The zero-order chi connectivity index (χ0) is 16.6. The van der Waals surface area contributed by atoms with Gasteiger partial charge in [-0.3, -0.25) is 9.55 Å². The Kier molecular flexibility index (Phi) is 7.62. The van der Waals surface area contributed by atoms with Crippen molar-refractivity contribution < 1.29 is 18.1 Å². The van der Waals surface area contributed by atoms with Crippen LogP contribution < -0.4 is 0 Å². The Balaban J connectivity index is 0.000000921. The van der Waals surface area contributed by atoms with Crippen LogP contribution in [-0.4, -0.2) is 24.8 Å². The molecular formula is C15H21NO4S. The van der Waals surface area contributed by atoms with E-state index in [4.69, 9.17) is 4.55 Å². The fraction of sp³-hybridized carbons (Fsp3) is 0.267. The molecule has 2 aromatic carbocycles. The van der Waals surface area contributed by atoms with E-state index in [1.807, 2.05) is 27.7 Å². The molecule has 0 aliphatic heterocycles. The Morgan fingerprint density at radius 1 is 1.10 bits per heavy atom. The predicted molar refractivity (Wildman–Crippen MR) is 87.3 cm³/mol. The third-order valence-electron chi connectivity index (χ3n) is 2.40. The summed E-state index contributed by atoms with van der Waals surface area (Å²) in [4.78, 5) is 2.99. The zero-order valence-corrected chi connectivity index (χ0v) is 13.5. The minimum Gasteiger partial charge on any atom is -0.505 e. The first-order valence-corrected chi connectivity index (χ1v) is 8.08. The monoisotopic (exact) mass is 311 g/mol. The van der Waals surface area contributed by atoms with Crippen LogP contribution in [0.3, 0.4) is 0 Å². The summed E-state index contributed by atoms with van der Waals surface area (Å²) in [6, 6.07) is 7.87. The second-order valence-electron chi connectivity index (χ2n) is 3.43. The van der Waals surface area contributed by atoms with E-state index < -0.39 is 15.0 Å². The van der Waals surface area contributed by atoms with E-state index in [0.29, 0.717) is 10.8 Å². The van der Waals surface area contributed by atoms with E-state index in [-0.39, 0.29) is 11.4 Å². The molecule has 0 unspecified atom stereocenters. The molecule has 0 amide bonds. The maximum absolute atomic E-state index is 11.2. The summed E-state index contributed by atoms with van der Waals surface area (Å²) < 4.78 is 31.4. The van der Waals surface area contributed by atoms with E-state index in [9.17, 15) is 13.5 Å². The van der Waals surface area contributed by atoms with Crippen LogP contribution in [0.4, 0.5) is 5.69 Å². The summed E-state index contributed by atoms with van der Waals surface area (Å²) in [5, 5.41) is 10.8. The Morgan fingerprint density at radius 2 is 1.62 bits per heavy atom. The lowest BCUT2D eigenvalue weighted by atomic mass is 10.1. The molecule has 5 nitrogen and oxygen atoms in total. The molecule has 0 heterocycles. The molecule has 2 rings (SSSR count). The van der Waals surface area contributed by atoms with Crippen molar-refractivity contribution in [3.63, 3.8) is 0 Å². The fourth-order valence-electron chi connectivity index (χ4n) is 1.64. The van der Waals surface area contributed by atoms with Gasteiger partial charge in [0.25, 0.3) is 10.1 Å². The van der Waals surface area contributed by atoms with E-state index >= 15 is 0 Å². The highest BCUT2D eigenvalue weighted by molar-refractivity contribution is 7.86. The zero-order valence-electron chi connectivity index (χ0n) is 12.7. The molecule has 0 bridgehead atoms. The lowest BCUT2D eigenvalue weighted by molar-refractivity contribution is 0.472. The third-order valence-corrected chi connectivity index (χ3v) is 3.26. The van der Waals surface area contributed by atoms with Gasteiger partial charge in [0.05, 0.1) is 0 Å². The van der Waals surface area contributed by atoms with Crippen LogP contribution in [-0.2, 0) is 10.1 Å². The molecule has 0 saturated heterocycles. The maximum Gasteiger partial charge on any atom is 0.296 e. The number of hydrogen-bond donors (Lipinski definition) is 2. The average Bonchev–Trinajstić information content (AvgIpc) is 2.50. The van der Waals surface area contributed by atoms with Gasteiger partial charge in [0.15, 0.2) is 0 Å². The van der Waals surface area contributed by atoms with Crippen LogP contribution in [0.25, 0.3) is 10.8 Å². The SMILES string of the molecule is C=Nc1c(S(=O)(=O)O)cc2ccccc2c1O.CC.CC.